The summed E-state index contributed by atoms with van der Waals surface area (Å²) in [5, 5.41) is 0. The normalized spacial score (nSPS) is 12.4. The Kier molecular flexibility index (Phi) is 5.06. The highest BCUT2D eigenvalue weighted by atomic mass is 15.1. The van der Waals surface area contributed by atoms with Gasteiger partial charge in [-0.2, -0.15) is 0 Å². The smallest absolute Gasteiger partial charge is 0.114 e. The maximum atomic E-state index is 4.93. The molecular weight excluding hydrogens is 328 g/mol. The Morgan fingerprint density at radius 2 is 1.52 bits per heavy atom. The predicted octanol–water partition coefficient (Wildman–Crippen LogP) is 6.19. The number of hydrogen-bond acceptors (Lipinski definition) is 1. The van der Waals surface area contributed by atoms with Crippen LogP contribution >= 0.6 is 0 Å². The largest absolute Gasteiger partial charge is 0.323 e. The molecule has 0 aliphatic carbocycles. The van der Waals surface area contributed by atoms with E-state index in [1.54, 1.807) is 0 Å². The van der Waals surface area contributed by atoms with Crippen LogP contribution in [0.1, 0.15) is 48.7 Å². The van der Waals surface area contributed by atoms with Crippen LogP contribution in [0.2, 0.25) is 0 Å². The van der Waals surface area contributed by atoms with E-state index in [0.717, 1.165) is 24.3 Å². The SMILES string of the molecule is CC[C@@H](C)c1ccc(Cn2c(Cc3ccccc3)nc3ccccc32)cc1. The fraction of sp³-hybridized carbons (Fsp3) is 0.240. The zero-order valence-corrected chi connectivity index (χ0v) is 16.1. The molecule has 0 saturated heterocycles. The van der Waals surface area contributed by atoms with Crippen LogP contribution in [0, 0.1) is 0 Å². The predicted molar refractivity (Wildman–Crippen MR) is 113 cm³/mol. The van der Waals surface area contributed by atoms with Gasteiger partial charge in [-0.25, -0.2) is 4.98 Å². The fourth-order valence-electron chi connectivity index (χ4n) is 3.59. The Morgan fingerprint density at radius 3 is 2.26 bits per heavy atom. The molecule has 0 aliphatic heterocycles. The molecule has 0 saturated carbocycles. The van der Waals surface area contributed by atoms with Gasteiger partial charge in [-0.3, -0.25) is 0 Å². The van der Waals surface area contributed by atoms with Crippen LogP contribution in [0.4, 0.5) is 0 Å². The van der Waals surface area contributed by atoms with E-state index in [-0.39, 0.29) is 0 Å². The summed E-state index contributed by atoms with van der Waals surface area (Å²) in [7, 11) is 0. The van der Waals surface area contributed by atoms with Crippen molar-refractivity contribution in [1.82, 2.24) is 9.55 Å². The second-order valence-corrected chi connectivity index (χ2v) is 7.32. The van der Waals surface area contributed by atoms with Crippen molar-refractivity contribution >= 4 is 11.0 Å². The standard InChI is InChI=1S/C25H26N2/c1-3-19(2)22-15-13-21(14-16-22)18-27-24-12-8-7-11-23(24)26-25(27)17-20-9-5-4-6-10-20/h4-16,19H,3,17-18H2,1-2H3/t19-/m1/s1. The van der Waals surface area contributed by atoms with Gasteiger partial charge in [-0.1, -0.05) is 80.6 Å². The van der Waals surface area contributed by atoms with E-state index in [2.05, 4.69) is 97.3 Å². The summed E-state index contributed by atoms with van der Waals surface area (Å²) < 4.78 is 2.36. The molecule has 0 spiro atoms. The molecule has 0 fully saturated rings. The molecule has 0 amide bonds. The third-order valence-electron chi connectivity index (χ3n) is 5.44. The lowest BCUT2D eigenvalue weighted by Crippen LogP contribution is -2.06. The van der Waals surface area contributed by atoms with Crippen molar-refractivity contribution in [3.05, 3.63) is 101 Å². The molecule has 136 valence electrons. The van der Waals surface area contributed by atoms with Crippen molar-refractivity contribution in [3.8, 4) is 0 Å². The Hall–Kier alpha value is -2.87. The van der Waals surface area contributed by atoms with Crippen molar-refractivity contribution in [2.75, 3.05) is 0 Å². The highest BCUT2D eigenvalue weighted by molar-refractivity contribution is 5.76. The van der Waals surface area contributed by atoms with Crippen LogP contribution in [0.15, 0.2) is 78.9 Å². The molecule has 3 aromatic carbocycles. The first-order valence-electron chi connectivity index (χ1n) is 9.81. The Labute approximate surface area is 161 Å². The van der Waals surface area contributed by atoms with Gasteiger partial charge in [0.2, 0.25) is 0 Å². The van der Waals surface area contributed by atoms with Gasteiger partial charge in [0.25, 0.3) is 0 Å². The average Bonchev–Trinajstić information content (AvgIpc) is 3.06. The lowest BCUT2D eigenvalue weighted by molar-refractivity contribution is 0.729. The number of hydrogen-bond donors (Lipinski definition) is 0. The van der Waals surface area contributed by atoms with Gasteiger partial charge >= 0.3 is 0 Å². The number of fused-ring (bicyclic) bond motifs is 1. The molecule has 2 nitrogen and oxygen atoms in total. The maximum Gasteiger partial charge on any atom is 0.114 e. The molecular formula is C25H26N2. The van der Waals surface area contributed by atoms with E-state index in [1.165, 1.54) is 28.6 Å². The molecule has 1 atom stereocenters. The molecule has 4 aromatic rings. The highest BCUT2D eigenvalue weighted by Crippen LogP contribution is 2.22. The minimum Gasteiger partial charge on any atom is -0.323 e. The summed E-state index contributed by atoms with van der Waals surface area (Å²) in [6.07, 6.45) is 2.02. The first-order valence-corrected chi connectivity index (χ1v) is 9.81. The molecule has 27 heavy (non-hydrogen) atoms. The van der Waals surface area contributed by atoms with E-state index >= 15 is 0 Å². The summed E-state index contributed by atoms with van der Waals surface area (Å²) in [5.41, 5.74) is 6.30. The number of benzene rings is 3. The minimum absolute atomic E-state index is 0.613. The average molecular weight is 354 g/mol. The number of rotatable bonds is 6. The zero-order chi connectivity index (χ0) is 18.6. The lowest BCUT2D eigenvalue weighted by atomic mass is 9.97. The summed E-state index contributed by atoms with van der Waals surface area (Å²) >= 11 is 0. The van der Waals surface area contributed by atoms with Crippen molar-refractivity contribution < 1.29 is 0 Å². The van der Waals surface area contributed by atoms with Gasteiger partial charge in [0.15, 0.2) is 0 Å². The van der Waals surface area contributed by atoms with Crippen LogP contribution < -0.4 is 0 Å². The molecule has 4 rings (SSSR count). The van der Waals surface area contributed by atoms with Crippen LogP contribution in [-0.2, 0) is 13.0 Å². The quantitative estimate of drug-likeness (QED) is 0.404. The van der Waals surface area contributed by atoms with Gasteiger partial charge < -0.3 is 4.57 Å². The van der Waals surface area contributed by atoms with Gasteiger partial charge in [0.1, 0.15) is 5.82 Å². The summed E-state index contributed by atoms with van der Waals surface area (Å²) in [4.78, 5) is 4.93. The van der Waals surface area contributed by atoms with Crippen LogP contribution in [-0.4, -0.2) is 9.55 Å². The molecule has 0 aliphatic rings. The molecule has 0 N–H and O–H groups in total. The van der Waals surface area contributed by atoms with E-state index < -0.39 is 0 Å². The van der Waals surface area contributed by atoms with Crippen molar-refractivity contribution in [2.24, 2.45) is 0 Å². The Bertz CT molecular complexity index is 1010. The second-order valence-electron chi connectivity index (χ2n) is 7.32. The fourth-order valence-corrected chi connectivity index (χ4v) is 3.59. The second kappa shape index (κ2) is 7.79. The van der Waals surface area contributed by atoms with Gasteiger partial charge in [0.05, 0.1) is 11.0 Å². The number of aromatic nitrogens is 2. The number of nitrogens with zero attached hydrogens (tertiary/aromatic N) is 2. The Morgan fingerprint density at radius 1 is 0.815 bits per heavy atom. The topological polar surface area (TPSA) is 17.8 Å². The first kappa shape index (κ1) is 17.5. The molecule has 2 heteroatoms. The van der Waals surface area contributed by atoms with E-state index in [4.69, 9.17) is 4.98 Å². The maximum absolute atomic E-state index is 4.93. The molecule has 0 radical (unpaired) electrons. The van der Waals surface area contributed by atoms with Crippen LogP contribution in [0.5, 0.6) is 0 Å². The van der Waals surface area contributed by atoms with Crippen molar-refractivity contribution in [3.63, 3.8) is 0 Å². The minimum atomic E-state index is 0.613. The molecule has 0 bridgehead atoms. The lowest BCUT2D eigenvalue weighted by Gasteiger charge is -2.12. The summed E-state index contributed by atoms with van der Waals surface area (Å²) in [6.45, 7) is 5.38. The number of imidazole rings is 1. The summed E-state index contributed by atoms with van der Waals surface area (Å²) in [6, 6.07) is 28.1. The van der Waals surface area contributed by atoms with Crippen molar-refractivity contribution in [2.45, 2.75) is 39.2 Å². The van der Waals surface area contributed by atoms with Crippen LogP contribution in [0.3, 0.4) is 0 Å². The molecule has 1 heterocycles. The third-order valence-corrected chi connectivity index (χ3v) is 5.44. The van der Waals surface area contributed by atoms with E-state index in [1.807, 2.05) is 0 Å². The van der Waals surface area contributed by atoms with E-state index in [9.17, 15) is 0 Å². The van der Waals surface area contributed by atoms with Gasteiger partial charge in [-0.05, 0) is 41.2 Å². The summed E-state index contributed by atoms with van der Waals surface area (Å²) in [5.74, 6) is 1.73. The van der Waals surface area contributed by atoms with Crippen LogP contribution in [0.25, 0.3) is 11.0 Å². The first-order chi connectivity index (χ1) is 13.2. The molecule has 0 unspecified atom stereocenters. The van der Waals surface area contributed by atoms with Gasteiger partial charge in [-0.15, -0.1) is 0 Å². The zero-order valence-electron chi connectivity index (χ0n) is 16.1. The van der Waals surface area contributed by atoms with Gasteiger partial charge in [0, 0.05) is 13.0 Å². The highest BCUT2D eigenvalue weighted by Gasteiger charge is 2.12. The third kappa shape index (κ3) is 3.80. The van der Waals surface area contributed by atoms with E-state index in [0.29, 0.717) is 5.92 Å². The van der Waals surface area contributed by atoms with Crippen molar-refractivity contribution in [1.29, 1.82) is 0 Å². The molecule has 1 aromatic heterocycles. The number of para-hydroxylation sites is 2. The Balaban J connectivity index is 1.68. The monoisotopic (exact) mass is 354 g/mol.